The molecule has 2 fully saturated rings. The van der Waals surface area contributed by atoms with Gasteiger partial charge in [0.25, 0.3) is 0 Å². The summed E-state index contributed by atoms with van der Waals surface area (Å²) in [4.78, 5) is 11.8. The van der Waals surface area contributed by atoms with Crippen molar-refractivity contribution in [2.45, 2.75) is 19.3 Å². The highest BCUT2D eigenvalue weighted by Crippen LogP contribution is 2.15. The first-order valence-corrected chi connectivity index (χ1v) is 5.92. The van der Waals surface area contributed by atoms with Crippen molar-refractivity contribution in [3.05, 3.63) is 0 Å². The Balaban J connectivity index is 0.00000128. The first kappa shape index (κ1) is 13.7. The van der Waals surface area contributed by atoms with Crippen molar-refractivity contribution in [1.82, 2.24) is 10.6 Å². The molecule has 1 atom stereocenters. The van der Waals surface area contributed by atoms with Gasteiger partial charge in [-0.3, -0.25) is 4.79 Å². The molecule has 0 radical (unpaired) electrons. The first-order valence-electron chi connectivity index (χ1n) is 5.92. The lowest BCUT2D eigenvalue weighted by atomic mass is 9.99. The summed E-state index contributed by atoms with van der Waals surface area (Å²) in [6.07, 6.45) is 2.96. The number of hydrogen-bond donors (Lipinski definition) is 2. The molecule has 2 aliphatic rings. The van der Waals surface area contributed by atoms with Crippen LogP contribution in [0.2, 0.25) is 0 Å². The van der Waals surface area contributed by atoms with Crippen molar-refractivity contribution < 1.29 is 9.53 Å². The number of carbonyl (C=O) groups is 1. The molecule has 2 aliphatic heterocycles. The van der Waals surface area contributed by atoms with Gasteiger partial charge in [-0.05, 0) is 38.3 Å². The van der Waals surface area contributed by atoms with Crippen LogP contribution in [0.3, 0.4) is 0 Å². The minimum Gasteiger partial charge on any atom is -0.381 e. The Bertz CT molecular complexity index is 214. The summed E-state index contributed by atoms with van der Waals surface area (Å²) in [5.74, 6) is 1.05. The molecule has 0 aromatic carbocycles. The number of carbonyl (C=O) groups excluding carboxylic acids is 1. The molecular formula is C11H21ClN2O2. The SMILES string of the molecule is Cl.O=C(NCC1CCNC1)C1CCOCC1. The van der Waals surface area contributed by atoms with Gasteiger partial charge in [0.1, 0.15) is 0 Å². The molecule has 4 nitrogen and oxygen atoms in total. The molecule has 2 heterocycles. The average molecular weight is 249 g/mol. The second-order valence-electron chi connectivity index (χ2n) is 4.49. The maximum Gasteiger partial charge on any atom is 0.223 e. The highest BCUT2D eigenvalue weighted by Gasteiger charge is 2.22. The van der Waals surface area contributed by atoms with E-state index in [0.717, 1.165) is 45.7 Å². The van der Waals surface area contributed by atoms with Crippen LogP contribution in [0.25, 0.3) is 0 Å². The van der Waals surface area contributed by atoms with Crippen LogP contribution < -0.4 is 10.6 Å². The van der Waals surface area contributed by atoms with Crippen molar-refractivity contribution in [3.8, 4) is 0 Å². The Morgan fingerprint density at radius 2 is 2.06 bits per heavy atom. The summed E-state index contributed by atoms with van der Waals surface area (Å²) < 4.78 is 5.24. The van der Waals surface area contributed by atoms with Crippen molar-refractivity contribution in [1.29, 1.82) is 0 Å². The second kappa shape index (κ2) is 7.09. The zero-order valence-corrected chi connectivity index (χ0v) is 10.4. The number of rotatable bonds is 3. The molecule has 0 aliphatic carbocycles. The smallest absolute Gasteiger partial charge is 0.223 e. The maximum absolute atomic E-state index is 11.8. The van der Waals surface area contributed by atoms with Crippen molar-refractivity contribution >= 4 is 18.3 Å². The van der Waals surface area contributed by atoms with Gasteiger partial charge in [-0.2, -0.15) is 0 Å². The van der Waals surface area contributed by atoms with Crippen LogP contribution in [0.4, 0.5) is 0 Å². The summed E-state index contributed by atoms with van der Waals surface area (Å²) in [5.41, 5.74) is 0. The lowest BCUT2D eigenvalue weighted by Crippen LogP contribution is -2.37. The lowest BCUT2D eigenvalue weighted by molar-refractivity contribution is -0.128. The van der Waals surface area contributed by atoms with Crippen LogP contribution in [0.1, 0.15) is 19.3 Å². The minimum atomic E-state index is 0. The van der Waals surface area contributed by atoms with Gasteiger partial charge >= 0.3 is 0 Å². The monoisotopic (exact) mass is 248 g/mol. The van der Waals surface area contributed by atoms with Gasteiger partial charge in [-0.25, -0.2) is 0 Å². The van der Waals surface area contributed by atoms with E-state index in [9.17, 15) is 4.79 Å². The first-order chi connectivity index (χ1) is 7.36. The van der Waals surface area contributed by atoms with E-state index in [1.165, 1.54) is 6.42 Å². The molecule has 0 saturated carbocycles. The average Bonchev–Trinajstić information content (AvgIpc) is 2.80. The van der Waals surface area contributed by atoms with Gasteiger partial charge < -0.3 is 15.4 Å². The summed E-state index contributed by atoms with van der Waals surface area (Å²) in [5, 5.41) is 6.36. The predicted octanol–water partition coefficient (Wildman–Crippen LogP) is 0.560. The summed E-state index contributed by atoms with van der Waals surface area (Å²) in [6.45, 7) is 4.46. The fraction of sp³-hybridized carbons (Fsp3) is 0.909. The normalized spacial score (nSPS) is 26.1. The van der Waals surface area contributed by atoms with E-state index in [2.05, 4.69) is 10.6 Å². The maximum atomic E-state index is 11.8. The molecule has 5 heteroatoms. The Morgan fingerprint density at radius 1 is 1.31 bits per heavy atom. The molecule has 2 N–H and O–H groups in total. The molecule has 1 unspecified atom stereocenters. The summed E-state index contributed by atoms with van der Waals surface area (Å²) >= 11 is 0. The van der Waals surface area contributed by atoms with Crippen molar-refractivity contribution in [2.75, 3.05) is 32.8 Å². The largest absolute Gasteiger partial charge is 0.381 e. The fourth-order valence-electron chi connectivity index (χ4n) is 2.24. The topological polar surface area (TPSA) is 50.4 Å². The van der Waals surface area contributed by atoms with Crippen LogP contribution in [-0.2, 0) is 9.53 Å². The Labute approximate surface area is 103 Å². The number of amides is 1. The zero-order chi connectivity index (χ0) is 10.5. The molecule has 0 aromatic heterocycles. The van der Waals surface area contributed by atoms with E-state index in [1.807, 2.05) is 0 Å². The molecule has 2 rings (SSSR count). The molecular weight excluding hydrogens is 228 g/mol. The number of ether oxygens (including phenoxy) is 1. The van der Waals surface area contributed by atoms with Crippen molar-refractivity contribution in [2.24, 2.45) is 11.8 Å². The van der Waals surface area contributed by atoms with Gasteiger partial charge in [-0.1, -0.05) is 0 Å². The van der Waals surface area contributed by atoms with Gasteiger partial charge in [0.15, 0.2) is 0 Å². The molecule has 94 valence electrons. The van der Waals surface area contributed by atoms with Gasteiger partial charge in [0.05, 0.1) is 0 Å². The van der Waals surface area contributed by atoms with Crippen LogP contribution in [0, 0.1) is 11.8 Å². The summed E-state index contributed by atoms with van der Waals surface area (Å²) in [7, 11) is 0. The third-order valence-corrected chi connectivity index (χ3v) is 3.32. The Kier molecular flexibility index (Phi) is 6.09. The number of halogens is 1. The molecule has 0 spiro atoms. The van der Waals surface area contributed by atoms with Crippen LogP contribution in [0.5, 0.6) is 0 Å². The third kappa shape index (κ3) is 3.92. The molecule has 0 bridgehead atoms. The third-order valence-electron chi connectivity index (χ3n) is 3.32. The highest BCUT2D eigenvalue weighted by molar-refractivity contribution is 5.85. The minimum absolute atomic E-state index is 0. The van der Waals surface area contributed by atoms with E-state index < -0.39 is 0 Å². The quantitative estimate of drug-likeness (QED) is 0.768. The zero-order valence-electron chi connectivity index (χ0n) is 9.54. The van der Waals surface area contributed by atoms with Crippen LogP contribution >= 0.6 is 12.4 Å². The van der Waals surface area contributed by atoms with E-state index in [1.54, 1.807) is 0 Å². The van der Waals surface area contributed by atoms with E-state index in [-0.39, 0.29) is 24.2 Å². The molecule has 2 saturated heterocycles. The van der Waals surface area contributed by atoms with Crippen molar-refractivity contribution in [3.63, 3.8) is 0 Å². The lowest BCUT2D eigenvalue weighted by Gasteiger charge is -2.22. The Hall–Kier alpha value is -0.320. The number of hydrogen-bond acceptors (Lipinski definition) is 3. The van der Waals surface area contributed by atoms with Gasteiger partial charge in [0, 0.05) is 25.7 Å². The van der Waals surface area contributed by atoms with E-state index in [0.29, 0.717) is 5.92 Å². The standard InChI is InChI=1S/C11H20N2O2.ClH/c14-11(10-2-5-15-6-3-10)13-8-9-1-4-12-7-9;/h9-10,12H,1-8H2,(H,13,14);1H. The molecule has 16 heavy (non-hydrogen) atoms. The molecule has 1 amide bonds. The van der Waals surface area contributed by atoms with Gasteiger partial charge in [0.2, 0.25) is 5.91 Å². The van der Waals surface area contributed by atoms with E-state index >= 15 is 0 Å². The van der Waals surface area contributed by atoms with E-state index in [4.69, 9.17) is 4.74 Å². The Morgan fingerprint density at radius 3 is 2.69 bits per heavy atom. The van der Waals surface area contributed by atoms with Crippen LogP contribution in [-0.4, -0.2) is 38.8 Å². The molecule has 0 aromatic rings. The number of nitrogens with one attached hydrogen (secondary N) is 2. The van der Waals surface area contributed by atoms with Gasteiger partial charge in [-0.15, -0.1) is 12.4 Å². The van der Waals surface area contributed by atoms with Crippen LogP contribution in [0.15, 0.2) is 0 Å². The fourth-order valence-corrected chi connectivity index (χ4v) is 2.24. The highest BCUT2D eigenvalue weighted by atomic mass is 35.5. The summed E-state index contributed by atoms with van der Waals surface area (Å²) in [6, 6.07) is 0. The predicted molar refractivity (Wildman–Crippen MR) is 64.8 cm³/mol. The second-order valence-corrected chi connectivity index (χ2v) is 4.49.